The summed E-state index contributed by atoms with van der Waals surface area (Å²) in [5.41, 5.74) is 0.263. The standard InChI is InChI=1S/C19H17BrN4O3S/c20-13-5-6-17(21-10-13)22-18(25)12-3-1-7-24(11-12)19(26)14-9-15(27-23-14)16-4-2-8-28-16/h2,4-6,8-10,12H,1,3,7,11H2,(H,21,22,25). The molecule has 0 spiro atoms. The lowest BCUT2D eigenvalue weighted by atomic mass is 9.97. The Hall–Kier alpha value is -2.52. The van der Waals surface area contributed by atoms with Crippen molar-refractivity contribution in [2.45, 2.75) is 12.8 Å². The van der Waals surface area contributed by atoms with Gasteiger partial charge in [0.15, 0.2) is 11.5 Å². The van der Waals surface area contributed by atoms with Crippen molar-refractivity contribution in [2.24, 2.45) is 5.92 Å². The van der Waals surface area contributed by atoms with Crippen LogP contribution in [0, 0.1) is 5.92 Å². The highest BCUT2D eigenvalue weighted by Crippen LogP contribution is 2.26. The molecular formula is C19H17BrN4O3S. The number of pyridine rings is 1. The van der Waals surface area contributed by atoms with E-state index in [1.165, 1.54) is 11.3 Å². The fourth-order valence-electron chi connectivity index (χ4n) is 3.13. The minimum atomic E-state index is -0.285. The molecule has 1 aliphatic heterocycles. The largest absolute Gasteiger partial charge is 0.355 e. The number of rotatable bonds is 4. The maximum atomic E-state index is 12.8. The highest BCUT2D eigenvalue weighted by atomic mass is 79.9. The molecule has 0 bridgehead atoms. The third kappa shape index (κ3) is 4.15. The van der Waals surface area contributed by atoms with E-state index in [0.717, 1.165) is 22.2 Å². The molecule has 1 aliphatic rings. The van der Waals surface area contributed by atoms with Crippen molar-refractivity contribution in [3.8, 4) is 10.6 Å². The molecule has 1 fully saturated rings. The van der Waals surface area contributed by atoms with Gasteiger partial charge in [-0.3, -0.25) is 9.59 Å². The van der Waals surface area contributed by atoms with Crippen LogP contribution in [-0.4, -0.2) is 39.9 Å². The van der Waals surface area contributed by atoms with Crippen LogP contribution in [0.3, 0.4) is 0 Å². The van der Waals surface area contributed by atoms with E-state index < -0.39 is 0 Å². The van der Waals surface area contributed by atoms with Gasteiger partial charge in [-0.05, 0) is 52.4 Å². The summed E-state index contributed by atoms with van der Waals surface area (Å²) in [5, 5.41) is 8.68. The Morgan fingerprint density at radius 3 is 2.96 bits per heavy atom. The highest BCUT2D eigenvalue weighted by molar-refractivity contribution is 9.10. The average molecular weight is 461 g/mol. The molecule has 4 rings (SSSR count). The van der Waals surface area contributed by atoms with Crippen LogP contribution in [0.2, 0.25) is 0 Å². The number of halogens is 1. The molecular weight excluding hydrogens is 444 g/mol. The molecule has 1 unspecified atom stereocenters. The van der Waals surface area contributed by atoms with E-state index in [9.17, 15) is 9.59 Å². The molecule has 1 N–H and O–H groups in total. The second-order valence-corrected chi connectivity index (χ2v) is 8.36. The topological polar surface area (TPSA) is 88.3 Å². The first-order chi connectivity index (χ1) is 13.6. The van der Waals surface area contributed by atoms with Crippen molar-refractivity contribution in [3.63, 3.8) is 0 Å². The van der Waals surface area contributed by atoms with Crippen LogP contribution in [0.5, 0.6) is 0 Å². The lowest BCUT2D eigenvalue weighted by Crippen LogP contribution is -2.43. The van der Waals surface area contributed by atoms with E-state index in [0.29, 0.717) is 24.7 Å². The number of hydrogen-bond acceptors (Lipinski definition) is 6. The van der Waals surface area contributed by atoms with Crippen LogP contribution < -0.4 is 5.32 Å². The number of nitrogens with one attached hydrogen (secondary N) is 1. The Balaban J connectivity index is 1.41. The van der Waals surface area contributed by atoms with E-state index >= 15 is 0 Å². The van der Waals surface area contributed by atoms with Crippen molar-refractivity contribution >= 4 is 44.9 Å². The zero-order valence-corrected chi connectivity index (χ0v) is 17.2. The molecule has 0 radical (unpaired) electrons. The summed E-state index contributed by atoms with van der Waals surface area (Å²) in [4.78, 5) is 32.1. The van der Waals surface area contributed by atoms with Gasteiger partial charge in [0, 0.05) is 29.8 Å². The molecule has 9 heteroatoms. The minimum Gasteiger partial charge on any atom is -0.355 e. The van der Waals surface area contributed by atoms with Crippen molar-refractivity contribution in [2.75, 3.05) is 18.4 Å². The zero-order valence-electron chi connectivity index (χ0n) is 14.8. The van der Waals surface area contributed by atoms with Crippen LogP contribution in [0.4, 0.5) is 5.82 Å². The molecule has 0 aliphatic carbocycles. The minimum absolute atomic E-state index is 0.133. The van der Waals surface area contributed by atoms with Gasteiger partial charge in [0.05, 0.1) is 10.8 Å². The first kappa shape index (κ1) is 18.8. The Bertz CT molecular complexity index is 971. The van der Waals surface area contributed by atoms with Crippen LogP contribution in [0.15, 0.2) is 50.9 Å². The number of carbonyl (C=O) groups is 2. The summed E-state index contributed by atoms with van der Waals surface area (Å²) in [7, 11) is 0. The summed E-state index contributed by atoms with van der Waals surface area (Å²) >= 11 is 4.84. The van der Waals surface area contributed by atoms with Gasteiger partial charge in [0.25, 0.3) is 5.91 Å². The van der Waals surface area contributed by atoms with Gasteiger partial charge in [0.2, 0.25) is 5.91 Å². The zero-order chi connectivity index (χ0) is 19.5. The summed E-state index contributed by atoms with van der Waals surface area (Å²) < 4.78 is 6.15. The third-order valence-corrected chi connectivity index (χ3v) is 5.90. The van der Waals surface area contributed by atoms with Crippen LogP contribution in [0.25, 0.3) is 10.6 Å². The molecule has 4 heterocycles. The summed E-state index contributed by atoms with van der Waals surface area (Å²) in [5.74, 6) is 0.434. The molecule has 2 amide bonds. The second kappa shape index (κ2) is 8.24. The van der Waals surface area contributed by atoms with E-state index in [1.807, 2.05) is 23.6 Å². The maximum absolute atomic E-state index is 12.8. The molecule has 7 nitrogen and oxygen atoms in total. The maximum Gasteiger partial charge on any atom is 0.276 e. The van der Waals surface area contributed by atoms with E-state index in [4.69, 9.17) is 4.52 Å². The van der Waals surface area contributed by atoms with Crippen molar-refractivity contribution < 1.29 is 14.1 Å². The van der Waals surface area contributed by atoms with Gasteiger partial charge in [-0.25, -0.2) is 4.98 Å². The number of nitrogens with zero attached hydrogens (tertiary/aromatic N) is 3. The van der Waals surface area contributed by atoms with Gasteiger partial charge in [-0.2, -0.15) is 0 Å². The monoisotopic (exact) mass is 460 g/mol. The molecule has 28 heavy (non-hydrogen) atoms. The fraction of sp³-hybridized carbons (Fsp3) is 0.263. The quantitative estimate of drug-likeness (QED) is 0.634. The SMILES string of the molecule is O=C(Nc1ccc(Br)cn1)C1CCCN(C(=O)c2cc(-c3cccs3)on2)C1. The summed E-state index contributed by atoms with van der Waals surface area (Å²) in [6.45, 7) is 0.947. The van der Waals surface area contributed by atoms with Crippen molar-refractivity contribution in [1.29, 1.82) is 0 Å². The van der Waals surface area contributed by atoms with E-state index in [1.54, 1.807) is 23.2 Å². The molecule has 0 aromatic carbocycles. The smallest absolute Gasteiger partial charge is 0.276 e. The lowest BCUT2D eigenvalue weighted by molar-refractivity contribution is -0.121. The van der Waals surface area contributed by atoms with Gasteiger partial charge in [-0.15, -0.1) is 11.3 Å². The number of amides is 2. The first-order valence-corrected chi connectivity index (χ1v) is 10.5. The molecule has 3 aromatic rings. The number of thiophene rings is 1. The van der Waals surface area contributed by atoms with E-state index in [2.05, 4.69) is 31.4 Å². The molecule has 1 saturated heterocycles. The first-order valence-electron chi connectivity index (χ1n) is 8.82. The fourth-order valence-corrected chi connectivity index (χ4v) is 4.03. The molecule has 3 aromatic heterocycles. The Morgan fingerprint density at radius 2 is 2.21 bits per heavy atom. The number of carbonyl (C=O) groups excluding carboxylic acids is 2. The Kier molecular flexibility index (Phi) is 5.54. The van der Waals surface area contributed by atoms with Crippen molar-refractivity contribution in [3.05, 3.63) is 52.1 Å². The van der Waals surface area contributed by atoms with Gasteiger partial charge < -0.3 is 14.7 Å². The van der Waals surface area contributed by atoms with Crippen LogP contribution in [0.1, 0.15) is 23.3 Å². The normalized spacial score (nSPS) is 16.8. The second-order valence-electron chi connectivity index (χ2n) is 6.49. The predicted molar refractivity (Wildman–Crippen MR) is 109 cm³/mol. The molecule has 1 atom stereocenters. The van der Waals surface area contributed by atoms with Gasteiger partial charge >= 0.3 is 0 Å². The van der Waals surface area contributed by atoms with Crippen molar-refractivity contribution in [1.82, 2.24) is 15.0 Å². The summed E-state index contributed by atoms with van der Waals surface area (Å²) in [6, 6.07) is 9.03. The summed E-state index contributed by atoms with van der Waals surface area (Å²) in [6.07, 6.45) is 3.11. The number of anilines is 1. The third-order valence-electron chi connectivity index (χ3n) is 4.55. The molecule has 144 valence electrons. The number of piperidine rings is 1. The predicted octanol–water partition coefficient (Wildman–Crippen LogP) is 4.05. The Morgan fingerprint density at radius 1 is 1.32 bits per heavy atom. The van der Waals surface area contributed by atoms with Gasteiger partial charge in [-0.1, -0.05) is 11.2 Å². The number of aromatic nitrogens is 2. The highest BCUT2D eigenvalue weighted by Gasteiger charge is 2.30. The lowest BCUT2D eigenvalue weighted by Gasteiger charge is -2.31. The average Bonchev–Trinajstić information content (AvgIpc) is 3.41. The number of hydrogen-bond donors (Lipinski definition) is 1. The van der Waals surface area contributed by atoms with Crippen LogP contribution >= 0.6 is 27.3 Å². The van der Waals surface area contributed by atoms with Gasteiger partial charge in [0.1, 0.15) is 5.82 Å². The molecule has 0 saturated carbocycles. The van der Waals surface area contributed by atoms with Crippen LogP contribution in [-0.2, 0) is 4.79 Å². The van der Waals surface area contributed by atoms with E-state index in [-0.39, 0.29) is 23.4 Å². The Labute approximate surface area is 173 Å². The number of likely N-dealkylation sites (tertiary alicyclic amines) is 1.